The van der Waals surface area contributed by atoms with Crippen LogP contribution in [-0.2, 0) is 29.4 Å². The number of carbonyl (C=O) groups excluding carboxylic acids is 2. The molecule has 11 nitrogen and oxygen atoms in total. The van der Waals surface area contributed by atoms with E-state index in [1.54, 1.807) is 47.3 Å². The van der Waals surface area contributed by atoms with E-state index in [1.807, 2.05) is 36.6 Å². The highest BCUT2D eigenvalue weighted by molar-refractivity contribution is 7.10. The molecule has 51 heavy (non-hydrogen) atoms. The van der Waals surface area contributed by atoms with Crippen LogP contribution < -0.4 is 15.1 Å². The summed E-state index contributed by atoms with van der Waals surface area (Å²) >= 11 is 7.40. The number of halogens is 4. The summed E-state index contributed by atoms with van der Waals surface area (Å²) in [6.45, 7) is 6.46. The van der Waals surface area contributed by atoms with Crippen molar-refractivity contribution in [1.82, 2.24) is 19.6 Å². The van der Waals surface area contributed by atoms with Crippen LogP contribution in [0, 0.1) is 5.92 Å². The SMILES string of the molecule is CC(C)CC(C)c1sccc1NC(=O)c1cn(C)nc1C(F)(F)F.COC(=O)N(OC)c1ccccc1COc1ccn(-c2ccc(Cl)cc2)n1. The van der Waals surface area contributed by atoms with E-state index in [0.717, 1.165) is 38.5 Å². The van der Waals surface area contributed by atoms with Gasteiger partial charge in [-0.2, -0.15) is 23.3 Å². The zero-order valence-corrected chi connectivity index (χ0v) is 30.3. The van der Waals surface area contributed by atoms with Crippen LogP contribution >= 0.6 is 22.9 Å². The van der Waals surface area contributed by atoms with E-state index in [2.05, 4.69) is 29.4 Å². The van der Waals surface area contributed by atoms with E-state index < -0.39 is 29.4 Å². The number of benzene rings is 2. The Balaban J connectivity index is 0.000000230. The molecule has 0 radical (unpaired) electrons. The summed E-state index contributed by atoms with van der Waals surface area (Å²) in [5.74, 6) is 0.353. The number of nitrogens with one attached hydrogen (secondary N) is 1. The fourth-order valence-electron chi connectivity index (χ4n) is 5.13. The van der Waals surface area contributed by atoms with Crippen molar-refractivity contribution in [3.63, 3.8) is 0 Å². The predicted octanol–water partition coefficient (Wildman–Crippen LogP) is 9.14. The molecule has 3 heterocycles. The van der Waals surface area contributed by atoms with Gasteiger partial charge >= 0.3 is 12.3 Å². The molecule has 272 valence electrons. The zero-order chi connectivity index (χ0) is 37.3. The third kappa shape index (κ3) is 10.3. The van der Waals surface area contributed by atoms with E-state index in [4.69, 9.17) is 25.9 Å². The highest BCUT2D eigenvalue weighted by Gasteiger charge is 2.39. The van der Waals surface area contributed by atoms with Gasteiger partial charge in [0.2, 0.25) is 5.88 Å². The van der Waals surface area contributed by atoms with Crippen LogP contribution in [0.25, 0.3) is 5.69 Å². The highest BCUT2D eigenvalue weighted by Crippen LogP contribution is 2.35. The molecule has 0 spiro atoms. The van der Waals surface area contributed by atoms with Gasteiger partial charge in [0, 0.05) is 41.0 Å². The van der Waals surface area contributed by atoms with Crippen LogP contribution in [0.1, 0.15) is 59.6 Å². The molecule has 2 amide bonds. The third-order valence-electron chi connectivity index (χ3n) is 7.32. The van der Waals surface area contributed by atoms with Gasteiger partial charge in [-0.05, 0) is 60.0 Å². The zero-order valence-electron chi connectivity index (χ0n) is 28.8. The number of anilines is 2. The van der Waals surface area contributed by atoms with Crippen molar-refractivity contribution in [2.75, 3.05) is 24.6 Å². The Morgan fingerprint density at radius 1 is 1.02 bits per heavy atom. The van der Waals surface area contributed by atoms with Crippen LogP contribution in [0.2, 0.25) is 5.02 Å². The van der Waals surface area contributed by atoms with Gasteiger partial charge in [-0.3, -0.25) is 14.3 Å². The number of para-hydroxylation sites is 1. The minimum Gasteiger partial charge on any atom is -0.472 e. The summed E-state index contributed by atoms with van der Waals surface area (Å²) in [7, 11) is 4.03. The molecule has 0 saturated heterocycles. The summed E-state index contributed by atoms with van der Waals surface area (Å²) in [4.78, 5) is 30.3. The smallest absolute Gasteiger partial charge is 0.438 e. The van der Waals surface area contributed by atoms with Crippen molar-refractivity contribution in [3.05, 3.63) is 105 Å². The third-order valence-corrected chi connectivity index (χ3v) is 8.72. The number of amides is 2. The average molecular weight is 747 g/mol. The first-order chi connectivity index (χ1) is 24.2. The fraction of sp³-hybridized carbons (Fsp3) is 0.314. The number of thiophene rings is 1. The fourth-order valence-corrected chi connectivity index (χ4v) is 6.18. The van der Waals surface area contributed by atoms with E-state index in [0.29, 0.717) is 28.2 Å². The summed E-state index contributed by atoms with van der Waals surface area (Å²) in [5, 5.41) is 13.9. The van der Waals surface area contributed by atoms with Gasteiger partial charge in [0.15, 0.2) is 5.69 Å². The summed E-state index contributed by atoms with van der Waals surface area (Å²) in [6, 6.07) is 18.0. The van der Waals surface area contributed by atoms with Crippen LogP contribution in [0.15, 0.2) is 78.4 Å². The van der Waals surface area contributed by atoms with Gasteiger partial charge in [-0.15, -0.1) is 16.4 Å². The van der Waals surface area contributed by atoms with Gasteiger partial charge in [-0.1, -0.05) is 50.6 Å². The van der Waals surface area contributed by atoms with E-state index in [9.17, 15) is 22.8 Å². The van der Waals surface area contributed by atoms with E-state index >= 15 is 0 Å². The van der Waals surface area contributed by atoms with Crippen molar-refractivity contribution in [2.24, 2.45) is 13.0 Å². The van der Waals surface area contributed by atoms with Crippen molar-refractivity contribution in [3.8, 4) is 11.6 Å². The van der Waals surface area contributed by atoms with Crippen molar-refractivity contribution in [2.45, 2.75) is 45.9 Å². The minimum atomic E-state index is -4.67. The lowest BCUT2D eigenvalue weighted by atomic mass is 9.97. The molecule has 0 aliphatic carbocycles. The summed E-state index contributed by atoms with van der Waals surface area (Å²) < 4.78 is 52.2. The predicted molar refractivity (Wildman–Crippen MR) is 190 cm³/mol. The largest absolute Gasteiger partial charge is 0.472 e. The molecule has 5 rings (SSSR count). The first-order valence-corrected chi connectivity index (χ1v) is 16.9. The maximum Gasteiger partial charge on any atom is 0.438 e. The van der Waals surface area contributed by atoms with Crippen molar-refractivity contribution < 1.29 is 37.1 Å². The number of ether oxygens (including phenoxy) is 2. The first-order valence-electron chi connectivity index (χ1n) is 15.7. The minimum absolute atomic E-state index is 0.199. The van der Waals surface area contributed by atoms with Gasteiger partial charge in [-0.25, -0.2) is 9.48 Å². The average Bonchev–Trinajstić information content (AvgIpc) is 3.85. The van der Waals surface area contributed by atoms with Crippen LogP contribution in [0.5, 0.6) is 5.88 Å². The molecule has 3 aromatic heterocycles. The monoisotopic (exact) mass is 746 g/mol. The van der Waals surface area contributed by atoms with Gasteiger partial charge in [0.1, 0.15) is 6.61 Å². The number of aromatic nitrogens is 4. The molecule has 0 saturated carbocycles. The Bertz CT molecular complexity index is 1910. The highest BCUT2D eigenvalue weighted by atomic mass is 35.5. The van der Waals surface area contributed by atoms with E-state index in [1.165, 1.54) is 32.6 Å². The number of hydroxylamine groups is 1. The van der Waals surface area contributed by atoms with Crippen LogP contribution in [0.3, 0.4) is 0 Å². The second-order valence-electron chi connectivity index (χ2n) is 11.7. The number of methoxy groups -OCH3 is 1. The first kappa shape index (κ1) is 38.9. The Morgan fingerprint density at radius 2 is 1.73 bits per heavy atom. The number of aryl methyl sites for hydroxylation is 1. The molecule has 0 bridgehead atoms. The normalized spacial score (nSPS) is 11.8. The molecule has 1 atom stereocenters. The topological polar surface area (TPSA) is 113 Å². The molecule has 1 unspecified atom stereocenters. The number of hydrogen-bond acceptors (Lipinski definition) is 8. The molecule has 0 aliphatic rings. The lowest BCUT2D eigenvalue weighted by Crippen LogP contribution is -2.30. The molecule has 0 aliphatic heterocycles. The van der Waals surface area contributed by atoms with Crippen molar-refractivity contribution >= 4 is 46.3 Å². The van der Waals surface area contributed by atoms with Crippen LogP contribution in [0.4, 0.5) is 29.3 Å². The Morgan fingerprint density at radius 3 is 2.37 bits per heavy atom. The quantitative estimate of drug-likeness (QED) is 0.134. The second-order valence-corrected chi connectivity index (χ2v) is 13.1. The molecule has 16 heteroatoms. The number of alkyl halides is 3. The second kappa shape index (κ2) is 17.4. The molecule has 5 aromatic rings. The number of hydrogen-bond donors (Lipinski definition) is 1. The standard InChI is InChI=1S/C19H18ClN3O4.C16H20F3N3OS/c1-25-19(24)23(26-2)17-6-4-3-5-14(17)13-27-18-11-12-22(21-18)16-9-7-15(20)8-10-16;1-9(2)7-10(3)13-12(5-6-24-13)20-15(23)11-8-22(4)21-14(11)16(17,18)19/h3-12H,13H2,1-2H3;5-6,8-10H,7H2,1-4H3,(H,20,23). The van der Waals surface area contributed by atoms with E-state index in [-0.39, 0.29) is 12.5 Å². The number of nitrogens with zero attached hydrogens (tertiary/aromatic N) is 5. The molecule has 0 fully saturated rings. The molecular weight excluding hydrogens is 709 g/mol. The number of rotatable bonds is 11. The summed E-state index contributed by atoms with van der Waals surface area (Å²) in [5.41, 5.74) is 1.06. The molecule has 1 N–H and O–H groups in total. The van der Waals surface area contributed by atoms with Crippen LogP contribution in [-0.4, -0.2) is 45.8 Å². The molecule has 2 aromatic carbocycles. The lowest BCUT2D eigenvalue weighted by molar-refractivity contribution is -0.141. The van der Waals surface area contributed by atoms with Gasteiger partial charge in [0.25, 0.3) is 5.91 Å². The lowest BCUT2D eigenvalue weighted by Gasteiger charge is -2.20. The number of carbonyl (C=O) groups is 2. The van der Waals surface area contributed by atoms with Crippen molar-refractivity contribution in [1.29, 1.82) is 0 Å². The van der Waals surface area contributed by atoms with Gasteiger partial charge in [0.05, 0.1) is 36.8 Å². The maximum absolute atomic E-state index is 13.0. The summed E-state index contributed by atoms with van der Waals surface area (Å²) in [6.07, 6.45) is -1.49. The van der Waals surface area contributed by atoms with Gasteiger partial charge < -0.3 is 14.8 Å². The maximum atomic E-state index is 13.0. The Labute approximate surface area is 302 Å². The Hall–Kier alpha value is -4.86. The Kier molecular flexibility index (Phi) is 13.3. The molecular formula is C35H38ClF3N6O5S.